The lowest BCUT2D eigenvalue weighted by Crippen LogP contribution is -2.35. The van der Waals surface area contributed by atoms with Crippen molar-refractivity contribution in [2.45, 2.75) is 31.7 Å². The standard InChI is InChI=1S/C21H25N5O/c1-15(25-8-10-27-11-9-25)5-7-26-14-20(24-21(26)16-2-3-16)17-12-19-18(23-13-17)4-6-22-19/h4,6,12-14,16,22H,1-3,5,7-11H2. The van der Waals surface area contributed by atoms with Crippen molar-refractivity contribution >= 4 is 11.0 Å². The first-order valence-corrected chi connectivity index (χ1v) is 9.79. The number of H-pyrrole nitrogens is 1. The summed E-state index contributed by atoms with van der Waals surface area (Å²) in [7, 11) is 0. The van der Waals surface area contributed by atoms with Crippen molar-refractivity contribution < 1.29 is 4.74 Å². The maximum Gasteiger partial charge on any atom is 0.112 e. The second-order valence-corrected chi connectivity index (χ2v) is 7.50. The highest BCUT2D eigenvalue weighted by atomic mass is 16.5. The number of aromatic amines is 1. The number of rotatable bonds is 6. The van der Waals surface area contributed by atoms with Crippen LogP contribution in [0.1, 0.15) is 31.0 Å². The summed E-state index contributed by atoms with van der Waals surface area (Å²) in [4.78, 5) is 15.1. The van der Waals surface area contributed by atoms with E-state index in [4.69, 9.17) is 9.72 Å². The van der Waals surface area contributed by atoms with Crippen molar-refractivity contribution in [2.75, 3.05) is 26.3 Å². The number of aromatic nitrogens is 4. The molecule has 1 aliphatic carbocycles. The van der Waals surface area contributed by atoms with Crippen LogP contribution in [0.15, 0.2) is 43.0 Å². The number of nitrogens with zero attached hydrogens (tertiary/aromatic N) is 4. The van der Waals surface area contributed by atoms with E-state index in [0.717, 1.165) is 61.6 Å². The number of aryl methyl sites for hydroxylation is 1. The Balaban J connectivity index is 1.36. The molecule has 0 bridgehead atoms. The summed E-state index contributed by atoms with van der Waals surface area (Å²) in [6.45, 7) is 8.73. The Morgan fingerprint density at radius 2 is 2.15 bits per heavy atom. The first-order chi connectivity index (χ1) is 13.3. The van der Waals surface area contributed by atoms with Crippen LogP contribution in [0.2, 0.25) is 0 Å². The summed E-state index contributed by atoms with van der Waals surface area (Å²) in [5, 5.41) is 0. The van der Waals surface area contributed by atoms with Gasteiger partial charge in [-0.15, -0.1) is 0 Å². The summed E-state index contributed by atoms with van der Waals surface area (Å²) >= 11 is 0. The Labute approximate surface area is 158 Å². The number of allylic oxidation sites excluding steroid dienone is 1. The quantitative estimate of drug-likeness (QED) is 0.728. The third kappa shape index (κ3) is 3.37. The zero-order valence-electron chi connectivity index (χ0n) is 15.5. The minimum Gasteiger partial charge on any atom is -0.378 e. The molecular weight excluding hydrogens is 338 g/mol. The number of imidazole rings is 1. The largest absolute Gasteiger partial charge is 0.378 e. The van der Waals surface area contributed by atoms with Crippen LogP contribution >= 0.6 is 0 Å². The van der Waals surface area contributed by atoms with Crippen molar-refractivity contribution in [3.8, 4) is 11.3 Å². The minimum absolute atomic E-state index is 0.609. The van der Waals surface area contributed by atoms with Gasteiger partial charge in [-0.05, 0) is 25.0 Å². The number of ether oxygens (including phenoxy) is 1. The molecule has 1 aliphatic heterocycles. The molecule has 0 amide bonds. The van der Waals surface area contributed by atoms with E-state index in [1.165, 1.54) is 24.4 Å². The summed E-state index contributed by atoms with van der Waals surface area (Å²) in [5.74, 6) is 1.82. The van der Waals surface area contributed by atoms with Crippen molar-refractivity contribution in [1.29, 1.82) is 0 Å². The van der Waals surface area contributed by atoms with Gasteiger partial charge in [0.25, 0.3) is 0 Å². The van der Waals surface area contributed by atoms with Gasteiger partial charge >= 0.3 is 0 Å². The van der Waals surface area contributed by atoms with E-state index in [9.17, 15) is 0 Å². The first kappa shape index (κ1) is 16.6. The second kappa shape index (κ2) is 6.85. The number of nitrogens with one attached hydrogen (secondary N) is 1. The SMILES string of the molecule is C=C(CCn1cc(-c2cnc3cc[nH]c3c2)nc1C1CC1)N1CCOCC1. The van der Waals surface area contributed by atoms with Gasteiger partial charge in [0.05, 0.1) is 29.9 Å². The van der Waals surface area contributed by atoms with Gasteiger partial charge in [-0.25, -0.2) is 4.98 Å². The lowest BCUT2D eigenvalue weighted by molar-refractivity contribution is 0.0520. The molecule has 4 heterocycles. The maximum atomic E-state index is 5.44. The summed E-state index contributed by atoms with van der Waals surface area (Å²) in [6, 6.07) is 4.13. The Morgan fingerprint density at radius 1 is 1.30 bits per heavy atom. The van der Waals surface area contributed by atoms with Gasteiger partial charge in [-0.1, -0.05) is 6.58 Å². The highest BCUT2D eigenvalue weighted by Crippen LogP contribution is 2.40. The lowest BCUT2D eigenvalue weighted by atomic mass is 10.2. The highest BCUT2D eigenvalue weighted by molar-refractivity contribution is 5.79. The average Bonchev–Trinajstić information content (AvgIpc) is 3.29. The van der Waals surface area contributed by atoms with Gasteiger partial charge in [-0.3, -0.25) is 4.98 Å². The number of hydrogen-bond donors (Lipinski definition) is 1. The maximum absolute atomic E-state index is 5.44. The molecule has 5 rings (SSSR count). The van der Waals surface area contributed by atoms with Gasteiger partial charge in [0.2, 0.25) is 0 Å². The van der Waals surface area contributed by atoms with Crippen LogP contribution in [0.3, 0.4) is 0 Å². The third-order valence-electron chi connectivity index (χ3n) is 5.54. The zero-order valence-corrected chi connectivity index (χ0v) is 15.5. The number of hydrogen-bond acceptors (Lipinski definition) is 4. The van der Waals surface area contributed by atoms with Crippen LogP contribution in [0.4, 0.5) is 0 Å². The lowest BCUT2D eigenvalue weighted by Gasteiger charge is -2.30. The van der Waals surface area contributed by atoms with Crippen LogP contribution < -0.4 is 0 Å². The molecule has 27 heavy (non-hydrogen) atoms. The monoisotopic (exact) mass is 363 g/mol. The fourth-order valence-corrected chi connectivity index (χ4v) is 3.78. The Hall–Kier alpha value is -2.60. The summed E-state index contributed by atoms with van der Waals surface area (Å²) in [5.41, 5.74) is 5.32. The molecule has 140 valence electrons. The van der Waals surface area contributed by atoms with E-state index in [1.54, 1.807) is 0 Å². The van der Waals surface area contributed by atoms with Crippen LogP contribution in [0.25, 0.3) is 22.3 Å². The highest BCUT2D eigenvalue weighted by Gasteiger charge is 2.29. The smallest absolute Gasteiger partial charge is 0.112 e. The van der Waals surface area contributed by atoms with E-state index in [2.05, 4.69) is 38.3 Å². The molecule has 3 aromatic rings. The Bertz CT molecular complexity index is 962. The normalized spacial score (nSPS) is 17.6. The molecule has 0 radical (unpaired) electrons. The number of pyridine rings is 1. The summed E-state index contributed by atoms with van der Waals surface area (Å²) < 4.78 is 7.77. The van der Waals surface area contributed by atoms with Crippen molar-refractivity contribution in [3.05, 3.63) is 48.8 Å². The fourth-order valence-electron chi connectivity index (χ4n) is 3.78. The van der Waals surface area contributed by atoms with Gasteiger partial charge in [0, 0.05) is 61.8 Å². The third-order valence-corrected chi connectivity index (χ3v) is 5.54. The molecule has 3 aromatic heterocycles. The van der Waals surface area contributed by atoms with Gasteiger partial charge in [0.1, 0.15) is 5.82 Å². The molecule has 2 aliphatic rings. The molecule has 1 saturated carbocycles. The molecule has 1 saturated heterocycles. The molecule has 6 nitrogen and oxygen atoms in total. The molecule has 6 heteroatoms. The van der Waals surface area contributed by atoms with E-state index in [1.807, 2.05) is 18.5 Å². The van der Waals surface area contributed by atoms with Crippen LogP contribution in [0.5, 0.6) is 0 Å². The Morgan fingerprint density at radius 3 is 2.96 bits per heavy atom. The minimum atomic E-state index is 0.609. The van der Waals surface area contributed by atoms with Gasteiger partial charge in [-0.2, -0.15) is 0 Å². The average molecular weight is 363 g/mol. The molecule has 0 unspecified atom stereocenters. The van der Waals surface area contributed by atoms with E-state index in [-0.39, 0.29) is 0 Å². The van der Waals surface area contributed by atoms with Crippen molar-refractivity contribution in [3.63, 3.8) is 0 Å². The Kier molecular flexibility index (Phi) is 4.20. The van der Waals surface area contributed by atoms with Crippen molar-refractivity contribution in [2.24, 2.45) is 0 Å². The van der Waals surface area contributed by atoms with Gasteiger partial charge in [0.15, 0.2) is 0 Å². The zero-order chi connectivity index (χ0) is 18.2. The number of morpholine rings is 1. The van der Waals surface area contributed by atoms with Crippen LogP contribution in [-0.2, 0) is 11.3 Å². The van der Waals surface area contributed by atoms with Crippen molar-refractivity contribution in [1.82, 2.24) is 24.4 Å². The number of fused-ring (bicyclic) bond motifs is 1. The van der Waals surface area contributed by atoms with Gasteiger partial charge < -0.3 is 19.2 Å². The molecule has 2 fully saturated rings. The fraction of sp³-hybridized carbons (Fsp3) is 0.429. The molecule has 0 spiro atoms. The predicted octanol–water partition coefficient (Wildman–Crippen LogP) is 3.54. The second-order valence-electron chi connectivity index (χ2n) is 7.50. The molecule has 0 aromatic carbocycles. The topological polar surface area (TPSA) is 59.0 Å². The van der Waals surface area contributed by atoms with Crippen LogP contribution in [0, 0.1) is 0 Å². The molecule has 0 atom stereocenters. The van der Waals surface area contributed by atoms with E-state index in [0.29, 0.717) is 5.92 Å². The van der Waals surface area contributed by atoms with E-state index < -0.39 is 0 Å². The van der Waals surface area contributed by atoms with Crippen LogP contribution in [-0.4, -0.2) is 50.7 Å². The predicted molar refractivity (Wildman–Crippen MR) is 105 cm³/mol. The molecular formula is C21H25N5O. The first-order valence-electron chi connectivity index (χ1n) is 9.79. The van der Waals surface area contributed by atoms with E-state index >= 15 is 0 Å². The summed E-state index contributed by atoms with van der Waals surface area (Å²) in [6.07, 6.45) is 9.47. The molecule has 1 N–H and O–H groups in total.